The van der Waals surface area contributed by atoms with E-state index in [1.165, 1.54) is 0 Å². The molecular weight excluding hydrogens is 252 g/mol. The predicted octanol–water partition coefficient (Wildman–Crippen LogP) is 2.16. The van der Waals surface area contributed by atoms with Crippen LogP contribution in [0.3, 0.4) is 0 Å². The van der Waals surface area contributed by atoms with Gasteiger partial charge in [0.15, 0.2) is 0 Å². The van der Waals surface area contributed by atoms with Gasteiger partial charge in [0.05, 0.1) is 5.56 Å². The van der Waals surface area contributed by atoms with Crippen molar-refractivity contribution in [3.63, 3.8) is 0 Å². The Balaban J connectivity index is 1.88. The van der Waals surface area contributed by atoms with Gasteiger partial charge in [-0.3, -0.25) is 4.79 Å². The maximum Gasteiger partial charge on any atom is 0.255 e. The fourth-order valence-corrected chi connectivity index (χ4v) is 2.66. The van der Waals surface area contributed by atoms with Crippen LogP contribution in [0.4, 0.5) is 0 Å². The van der Waals surface area contributed by atoms with Crippen LogP contribution in [0.25, 0.3) is 0 Å². The Bertz CT molecular complexity index is 485. The molecule has 0 saturated carbocycles. The van der Waals surface area contributed by atoms with Crippen LogP contribution >= 0.6 is 0 Å². The van der Waals surface area contributed by atoms with E-state index in [0.29, 0.717) is 24.1 Å². The zero-order valence-electron chi connectivity index (χ0n) is 12.5. The van der Waals surface area contributed by atoms with Gasteiger partial charge in [-0.1, -0.05) is 11.6 Å². The maximum absolute atomic E-state index is 12.1. The van der Waals surface area contributed by atoms with Gasteiger partial charge >= 0.3 is 0 Å². The fraction of sp³-hybridized carbons (Fsp3) is 0.562. The number of nitrogens with zero attached hydrogens (tertiary/aromatic N) is 1. The number of likely N-dealkylation sites (tertiary alicyclic amines) is 1. The van der Waals surface area contributed by atoms with Crippen molar-refractivity contribution < 1.29 is 9.90 Å². The molecule has 0 radical (unpaired) electrons. The van der Waals surface area contributed by atoms with E-state index in [-0.39, 0.29) is 11.7 Å². The lowest BCUT2D eigenvalue weighted by atomic mass is 10.1. The summed E-state index contributed by atoms with van der Waals surface area (Å²) in [5, 5.41) is 12.7. The minimum atomic E-state index is -0.186. The normalized spacial score (nSPS) is 19.5. The topological polar surface area (TPSA) is 52.6 Å². The second kappa shape index (κ2) is 6.27. The molecule has 110 valence electrons. The molecule has 1 atom stereocenters. The van der Waals surface area contributed by atoms with Gasteiger partial charge in [-0.15, -0.1) is 0 Å². The molecular formula is C16H24N2O2. The first kappa shape index (κ1) is 14.9. The third kappa shape index (κ3) is 3.51. The first-order valence-electron chi connectivity index (χ1n) is 7.29. The highest BCUT2D eigenvalue weighted by Crippen LogP contribution is 2.20. The van der Waals surface area contributed by atoms with Gasteiger partial charge in [-0.25, -0.2) is 0 Å². The molecule has 1 aliphatic rings. The van der Waals surface area contributed by atoms with Crippen molar-refractivity contribution in [3.8, 4) is 5.75 Å². The Hall–Kier alpha value is -1.55. The highest BCUT2D eigenvalue weighted by molar-refractivity contribution is 5.96. The minimum absolute atomic E-state index is 0.0447. The summed E-state index contributed by atoms with van der Waals surface area (Å²) in [6.07, 6.45) is 1.12. The number of carbonyl (C=O) groups excluding carboxylic acids is 1. The summed E-state index contributed by atoms with van der Waals surface area (Å²) in [5.74, 6) is 0.367. The van der Waals surface area contributed by atoms with E-state index in [0.717, 1.165) is 25.1 Å². The number of nitrogens with one attached hydrogen (secondary N) is 1. The van der Waals surface area contributed by atoms with E-state index in [4.69, 9.17) is 0 Å². The third-order valence-electron chi connectivity index (χ3n) is 4.00. The molecule has 4 heteroatoms. The maximum atomic E-state index is 12.1. The van der Waals surface area contributed by atoms with Crippen LogP contribution < -0.4 is 5.32 Å². The first-order valence-corrected chi connectivity index (χ1v) is 7.29. The average molecular weight is 276 g/mol. The zero-order chi connectivity index (χ0) is 14.7. The number of rotatable bonds is 4. The van der Waals surface area contributed by atoms with E-state index in [1.807, 2.05) is 6.92 Å². The lowest BCUT2D eigenvalue weighted by molar-refractivity contribution is 0.0944. The van der Waals surface area contributed by atoms with E-state index in [1.54, 1.807) is 18.2 Å². The Kier molecular flexibility index (Phi) is 4.65. The lowest BCUT2D eigenvalue weighted by Gasteiger charge is -2.20. The van der Waals surface area contributed by atoms with Crippen LogP contribution in [0, 0.1) is 12.8 Å². The monoisotopic (exact) mass is 276 g/mol. The molecule has 0 bridgehead atoms. The number of carbonyl (C=O) groups is 1. The summed E-state index contributed by atoms with van der Waals surface area (Å²) in [4.78, 5) is 14.5. The second-order valence-corrected chi connectivity index (χ2v) is 5.97. The van der Waals surface area contributed by atoms with Crippen LogP contribution in [0.1, 0.15) is 36.2 Å². The highest BCUT2D eigenvalue weighted by Gasteiger charge is 2.24. The van der Waals surface area contributed by atoms with Gasteiger partial charge in [-0.05, 0) is 51.8 Å². The number of aromatic hydroxyl groups is 1. The van der Waals surface area contributed by atoms with Gasteiger partial charge in [0.1, 0.15) is 5.75 Å². The SMILES string of the molecule is Cc1ccc(O)c(C(=O)NC[C@@H]2CCN(C(C)C)C2)c1. The van der Waals surface area contributed by atoms with Crippen molar-refractivity contribution >= 4 is 5.91 Å². The predicted molar refractivity (Wildman–Crippen MR) is 80.0 cm³/mol. The third-order valence-corrected chi connectivity index (χ3v) is 4.00. The number of phenolic OH excluding ortho intramolecular Hbond substituents is 1. The zero-order valence-corrected chi connectivity index (χ0v) is 12.5. The van der Waals surface area contributed by atoms with E-state index in [9.17, 15) is 9.90 Å². The molecule has 1 fully saturated rings. The summed E-state index contributed by atoms with van der Waals surface area (Å²) in [5.41, 5.74) is 1.34. The molecule has 0 aromatic heterocycles. The van der Waals surface area contributed by atoms with Crippen LogP contribution in [0.2, 0.25) is 0 Å². The van der Waals surface area contributed by atoms with Crippen LogP contribution in [-0.4, -0.2) is 41.6 Å². The largest absolute Gasteiger partial charge is 0.507 e. The Morgan fingerprint density at radius 1 is 1.50 bits per heavy atom. The fourth-order valence-electron chi connectivity index (χ4n) is 2.66. The molecule has 1 aromatic carbocycles. The summed E-state index contributed by atoms with van der Waals surface area (Å²) >= 11 is 0. The second-order valence-electron chi connectivity index (χ2n) is 5.97. The molecule has 4 nitrogen and oxygen atoms in total. The van der Waals surface area contributed by atoms with Crippen LogP contribution in [-0.2, 0) is 0 Å². The van der Waals surface area contributed by atoms with Crippen molar-refractivity contribution in [3.05, 3.63) is 29.3 Å². The summed E-state index contributed by atoms with van der Waals surface area (Å²) < 4.78 is 0. The smallest absolute Gasteiger partial charge is 0.255 e. The highest BCUT2D eigenvalue weighted by atomic mass is 16.3. The van der Waals surface area contributed by atoms with Crippen LogP contribution in [0.15, 0.2) is 18.2 Å². The first-order chi connectivity index (χ1) is 9.47. The van der Waals surface area contributed by atoms with Crippen molar-refractivity contribution in [1.29, 1.82) is 0 Å². The van der Waals surface area contributed by atoms with Gasteiger partial charge in [-0.2, -0.15) is 0 Å². The van der Waals surface area contributed by atoms with Gasteiger partial charge in [0, 0.05) is 19.1 Å². The molecule has 1 amide bonds. The number of phenols is 1. The molecule has 1 aliphatic heterocycles. The number of hydrogen-bond donors (Lipinski definition) is 2. The molecule has 1 aromatic rings. The molecule has 0 unspecified atom stereocenters. The standard InChI is InChI=1S/C16H24N2O2/c1-11(2)18-7-6-13(10-18)9-17-16(20)14-8-12(3)4-5-15(14)19/h4-5,8,11,13,19H,6-7,9-10H2,1-3H3,(H,17,20)/t13-/m0/s1. The molecule has 0 aliphatic carbocycles. The van der Waals surface area contributed by atoms with Crippen LogP contribution in [0.5, 0.6) is 5.75 Å². The molecule has 20 heavy (non-hydrogen) atoms. The van der Waals surface area contributed by atoms with E-state index in [2.05, 4.69) is 24.1 Å². The molecule has 1 heterocycles. The van der Waals surface area contributed by atoms with Gasteiger partial charge in [0.25, 0.3) is 5.91 Å². The molecule has 0 spiro atoms. The molecule has 1 saturated heterocycles. The number of aryl methyl sites for hydroxylation is 1. The lowest BCUT2D eigenvalue weighted by Crippen LogP contribution is -2.33. The molecule has 2 rings (SSSR count). The van der Waals surface area contributed by atoms with E-state index < -0.39 is 0 Å². The van der Waals surface area contributed by atoms with Crippen molar-refractivity contribution in [2.75, 3.05) is 19.6 Å². The summed E-state index contributed by atoms with van der Waals surface area (Å²) in [6.45, 7) is 9.13. The van der Waals surface area contributed by atoms with Crippen molar-refractivity contribution in [2.24, 2.45) is 5.92 Å². The number of hydrogen-bond acceptors (Lipinski definition) is 3. The van der Waals surface area contributed by atoms with Gasteiger partial charge in [0.2, 0.25) is 0 Å². The average Bonchev–Trinajstić information content (AvgIpc) is 2.88. The Morgan fingerprint density at radius 3 is 2.90 bits per heavy atom. The summed E-state index contributed by atoms with van der Waals surface area (Å²) in [6, 6.07) is 5.65. The van der Waals surface area contributed by atoms with Crippen molar-refractivity contribution in [1.82, 2.24) is 10.2 Å². The number of amides is 1. The number of benzene rings is 1. The minimum Gasteiger partial charge on any atom is -0.507 e. The Morgan fingerprint density at radius 2 is 2.25 bits per heavy atom. The van der Waals surface area contributed by atoms with E-state index >= 15 is 0 Å². The van der Waals surface area contributed by atoms with Crippen molar-refractivity contribution in [2.45, 2.75) is 33.2 Å². The quantitative estimate of drug-likeness (QED) is 0.886. The molecule has 2 N–H and O–H groups in total. The van der Waals surface area contributed by atoms with Gasteiger partial charge < -0.3 is 15.3 Å². The Labute approximate surface area is 120 Å². The summed E-state index contributed by atoms with van der Waals surface area (Å²) in [7, 11) is 0.